The lowest BCUT2D eigenvalue weighted by Crippen LogP contribution is -2.38. The van der Waals surface area contributed by atoms with E-state index < -0.39 is 0 Å². The second-order valence-corrected chi connectivity index (χ2v) is 6.24. The van der Waals surface area contributed by atoms with Crippen LogP contribution in [-0.4, -0.2) is 30.6 Å². The maximum absolute atomic E-state index is 13.1. The highest BCUT2D eigenvalue weighted by molar-refractivity contribution is 14.0. The number of rotatable bonds is 7. The van der Waals surface area contributed by atoms with E-state index in [4.69, 9.17) is 0 Å². The average Bonchev–Trinajstić information content (AvgIpc) is 2.93. The Hall–Kier alpha value is -1.22. The minimum atomic E-state index is -0.193. The van der Waals surface area contributed by atoms with Gasteiger partial charge in [-0.2, -0.15) is 0 Å². The van der Waals surface area contributed by atoms with Crippen LogP contribution in [0.25, 0.3) is 0 Å². The molecule has 0 amide bonds. The summed E-state index contributed by atoms with van der Waals surface area (Å²) in [5, 5.41) is 9.66. The average molecular weight is 462 g/mol. The van der Waals surface area contributed by atoms with Crippen molar-refractivity contribution in [2.75, 3.05) is 19.6 Å². The van der Waals surface area contributed by atoms with E-state index in [1.807, 2.05) is 19.9 Å². The number of aliphatic imine (C=N–C) groups is 1. The lowest BCUT2D eigenvalue weighted by atomic mass is 10.1. The largest absolute Gasteiger partial charge is 0.357 e. The summed E-state index contributed by atoms with van der Waals surface area (Å²) in [5.74, 6) is 0.595. The van der Waals surface area contributed by atoms with Crippen LogP contribution < -0.4 is 10.6 Å². The summed E-state index contributed by atoms with van der Waals surface area (Å²) in [4.78, 5) is 8.99. The molecule has 0 saturated carbocycles. The molecule has 0 bridgehead atoms. The van der Waals surface area contributed by atoms with Crippen molar-refractivity contribution in [3.05, 3.63) is 51.7 Å². The van der Waals surface area contributed by atoms with Crippen LogP contribution in [-0.2, 0) is 12.8 Å². The zero-order chi connectivity index (χ0) is 16.5. The third-order valence-electron chi connectivity index (χ3n) is 3.24. The quantitative estimate of drug-likeness (QED) is 0.376. The number of aromatic nitrogens is 1. The molecule has 2 rings (SSSR count). The number of thiazole rings is 1. The molecule has 7 heteroatoms. The zero-order valence-electron chi connectivity index (χ0n) is 14.0. The Kier molecular flexibility index (Phi) is 9.85. The van der Waals surface area contributed by atoms with Crippen LogP contribution >= 0.6 is 35.3 Å². The zero-order valence-corrected chi connectivity index (χ0v) is 17.2. The first kappa shape index (κ1) is 20.8. The molecule has 0 aliphatic rings. The fourth-order valence-electron chi connectivity index (χ4n) is 2.16. The number of guanidine groups is 1. The van der Waals surface area contributed by atoms with E-state index >= 15 is 0 Å². The molecule has 132 valence electrons. The second kappa shape index (κ2) is 11.4. The molecule has 0 radical (unpaired) electrons. The van der Waals surface area contributed by atoms with Crippen molar-refractivity contribution in [3.8, 4) is 0 Å². The standard InChI is InChI=1S/C17H23FN4S.HI/c1-3-19-17(21-10-8-16-12-23-13(2)22-16)20-9-7-14-5-4-6-15(18)11-14;/h4-6,11-12H,3,7-10H2,1-2H3,(H2,19,20,21);1H. The van der Waals surface area contributed by atoms with E-state index in [-0.39, 0.29) is 29.8 Å². The van der Waals surface area contributed by atoms with E-state index in [9.17, 15) is 4.39 Å². The number of benzene rings is 1. The molecule has 4 nitrogen and oxygen atoms in total. The Bertz CT molecular complexity index is 645. The highest BCUT2D eigenvalue weighted by atomic mass is 127. The highest BCUT2D eigenvalue weighted by Gasteiger charge is 2.01. The maximum atomic E-state index is 13.1. The van der Waals surface area contributed by atoms with Gasteiger partial charge in [0.05, 0.1) is 10.7 Å². The molecule has 0 atom stereocenters. The van der Waals surface area contributed by atoms with Crippen LogP contribution in [0.15, 0.2) is 34.6 Å². The molecule has 0 saturated heterocycles. The molecule has 1 heterocycles. The molecule has 0 fully saturated rings. The Balaban J connectivity index is 0.00000288. The van der Waals surface area contributed by atoms with E-state index in [1.165, 1.54) is 6.07 Å². The van der Waals surface area contributed by atoms with Crippen molar-refractivity contribution in [2.24, 2.45) is 4.99 Å². The topological polar surface area (TPSA) is 49.3 Å². The predicted molar refractivity (Wildman–Crippen MR) is 110 cm³/mol. The van der Waals surface area contributed by atoms with Gasteiger partial charge in [0.2, 0.25) is 0 Å². The van der Waals surface area contributed by atoms with Gasteiger partial charge in [-0.3, -0.25) is 4.99 Å². The monoisotopic (exact) mass is 462 g/mol. The summed E-state index contributed by atoms with van der Waals surface area (Å²) in [6, 6.07) is 6.69. The van der Waals surface area contributed by atoms with Crippen molar-refractivity contribution >= 4 is 41.3 Å². The molecule has 0 aliphatic carbocycles. The van der Waals surface area contributed by atoms with Gasteiger partial charge < -0.3 is 10.6 Å². The molecule has 0 unspecified atom stereocenters. The number of halogens is 2. The fourth-order valence-corrected chi connectivity index (χ4v) is 2.81. The molecule has 24 heavy (non-hydrogen) atoms. The summed E-state index contributed by atoms with van der Waals surface area (Å²) in [7, 11) is 0. The van der Waals surface area contributed by atoms with Crippen molar-refractivity contribution in [3.63, 3.8) is 0 Å². The maximum Gasteiger partial charge on any atom is 0.191 e. The van der Waals surface area contributed by atoms with Crippen LogP contribution in [0.2, 0.25) is 0 Å². The van der Waals surface area contributed by atoms with Crippen LogP contribution in [0.1, 0.15) is 23.2 Å². The first-order valence-corrected chi connectivity index (χ1v) is 8.73. The Morgan fingerprint density at radius 3 is 2.79 bits per heavy atom. The van der Waals surface area contributed by atoms with Gasteiger partial charge >= 0.3 is 0 Å². The second-order valence-electron chi connectivity index (χ2n) is 5.18. The molecule has 1 aromatic heterocycles. The molecule has 2 N–H and O–H groups in total. The van der Waals surface area contributed by atoms with Gasteiger partial charge in [-0.25, -0.2) is 9.37 Å². The summed E-state index contributed by atoms with van der Waals surface area (Å²) in [6.45, 7) is 6.26. The minimum absolute atomic E-state index is 0. The number of hydrogen-bond acceptors (Lipinski definition) is 3. The van der Waals surface area contributed by atoms with Crippen LogP contribution in [0.5, 0.6) is 0 Å². The molecular formula is C17H24FIN4S. The van der Waals surface area contributed by atoms with Gasteiger partial charge in [0.1, 0.15) is 5.82 Å². The van der Waals surface area contributed by atoms with Gasteiger partial charge in [0.15, 0.2) is 5.96 Å². The van der Waals surface area contributed by atoms with Crippen LogP contribution in [0.4, 0.5) is 4.39 Å². The smallest absolute Gasteiger partial charge is 0.191 e. The van der Waals surface area contributed by atoms with E-state index in [0.717, 1.165) is 41.6 Å². The van der Waals surface area contributed by atoms with E-state index in [2.05, 4.69) is 26.0 Å². The van der Waals surface area contributed by atoms with Gasteiger partial charge in [-0.1, -0.05) is 12.1 Å². The minimum Gasteiger partial charge on any atom is -0.357 e. The Morgan fingerprint density at radius 2 is 2.12 bits per heavy atom. The van der Waals surface area contributed by atoms with Crippen LogP contribution in [0.3, 0.4) is 0 Å². The fraction of sp³-hybridized carbons (Fsp3) is 0.412. The predicted octanol–water partition coefficient (Wildman–Crippen LogP) is 3.55. The summed E-state index contributed by atoms with van der Waals surface area (Å²) in [6.07, 6.45) is 1.60. The third-order valence-corrected chi connectivity index (χ3v) is 4.07. The first-order valence-electron chi connectivity index (χ1n) is 7.85. The van der Waals surface area contributed by atoms with Gasteiger partial charge in [-0.15, -0.1) is 35.3 Å². The van der Waals surface area contributed by atoms with Crippen LogP contribution in [0, 0.1) is 12.7 Å². The summed E-state index contributed by atoms with van der Waals surface area (Å²) in [5.41, 5.74) is 2.07. The molecule has 2 aromatic rings. The lowest BCUT2D eigenvalue weighted by Gasteiger charge is -2.11. The SMILES string of the molecule is CCNC(=NCCc1csc(C)n1)NCCc1cccc(F)c1.I. The number of hydrogen-bond donors (Lipinski definition) is 2. The van der Waals surface area contributed by atoms with Gasteiger partial charge in [-0.05, 0) is 38.0 Å². The molecule has 0 spiro atoms. The Morgan fingerprint density at radius 1 is 1.29 bits per heavy atom. The highest BCUT2D eigenvalue weighted by Crippen LogP contribution is 2.08. The van der Waals surface area contributed by atoms with Crippen molar-refractivity contribution in [1.29, 1.82) is 0 Å². The Labute approximate surface area is 164 Å². The lowest BCUT2D eigenvalue weighted by molar-refractivity contribution is 0.625. The third kappa shape index (κ3) is 7.57. The van der Waals surface area contributed by atoms with Crippen molar-refractivity contribution < 1.29 is 4.39 Å². The number of nitrogens with zero attached hydrogens (tertiary/aromatic N) is 2. The van der Waals surface area contributed by atoms with Crippen molar-refractivity contribution in [2.45, 2.75) is 26.7 Å². The molecule has 1 aromatic carbocycles. The summed E-state index contributed by atoms with van der Waals surface area (Å²) < 4.78 is 13.1. The van der Waals surface area contributed by atoms with Crippen molar-refractivity contribution in [1.82, 2.24) is 15.6 Å². The number of aryl methyl sites for hydroxylation is 1. The van der Waals surface area contributed by atoms with Gasteiger partial charge in [0.25, 0.3) is 0 Å². The van der Waals surface area contributed by atoms with E-state index in [1.54, 1.807) is 23.5 Å². The van der Waals surface area contributed by atoms with E-state index in [0.29, 0.717) is 13.1 Å². The number of nitrogens with one attached hydrogen (secondary N) is 2. The summed E-state index contributed by atoms with van der Waals surface area (Å²) >= 11 is 1.66. The molecule has 0 aliphatic heterocycles. The van der Waals surface area contributed by atoms with Gasteiger partial charge in [0, 0.05) is 31.4 Å². The molecular weight excluding hydrogens is 438 g/mol. The normalized spacial score (nSPS) is 11.0. The first-order chi connectivity index (χ1) is 11.2.